The lowest BCUT2D eigenvalue weighted by atomic mass is 9.96. The maximum atomic E-state index is 12.8. The number of aryl methyl sites for hydroxylation is 1. The number of hydrogen-bond donors (Lipinski definition) is 0. The van der Waals surface area contributed by atoms with Crippen LogP contribution in [0.25, 0.3) is 0 Å². The summed E-state index contributed by atoms with van der Waals surface area (Å²) in [5.41, 5.74) is 1.41. The van der Waals surface area contributed by atoms with Gasteiger partial charge in [0.15, 0.2) is 5.69 Å². The van der Waals surface area contributed by atoms with Crippen LogP contribution in [0.3, 0.4) is 0 Å². The van der Waals surface area contributed by atoms with Crippen molar-refractivity contribution in [3.63, 3.8) is 0 Å². The zero-order chi connectivity index (χ0) is 18.0. The highest BCUT2D eigenvalue weighted by Gasteiger charge is 2.39. The third-order valence-electron chi connectivity index (χ3n) is 4.47. The average Bonchev–Trinajstić information content (AvgIpc) is 2.98. The van der Waals surface area contributed by atoms with Crippen LogP contribution in [0.2, 0.25) is 0 Å². The van der Waals surface area contributed by atoms with E-state index in [0.29, 0.717) is 31.1 Å². The molecule has 2 amide bonds. The summed E-state index contributed by atoms with van der Waals surface area (Å²) < 4.78 is 4.94. The summed E-state index contributed by atoms with van der Waals surface area (Å²) in [5, 5.41) is 3.75. The second kappa shape index (κ2) is 7.09. The van der Waals surface area contributed by atoms with Crippen LogP contribution in [0.1, 0.15) is 35.7 Å². The molecule has 1 saturated heterocycles. The van der Waals surface area contributed by atoms with Gasteiger partial charge < -0.3 is 14.3 Å². The first-order chi connectivity index (χ1) is 12.0. The van der Waals surface area contributed by atoms with E-state index in [1.54, 1.807) is 17.9 Å². The van der Waals surface area contributed by atoms with Crippen molar-refractivity contribution < 1.29 is 14.1 Å². The summed E-state index contributed by atoms with van der Waals surface area (Å²) in [4.78, 5) is 28.6. The Hall–Kier alpha value is -2.63. The molecule has 0 aliphatic carbocycles. The summed E-state index contributed by atoms with van der Waals surface area (Å²) in [6.45, 7) is 7.23. The zero-order valence-electron chi connectivity index (χ0n) is 14.8. The molecule has 0 atom stereocenters. The number of aromatic nitrogens is 1. The molecule has 0 radical (unpaired) electrons. The van der Waals surface area contributed by atoms with Gasteiger partial charge in [0, 0.05) is 31.7 Å². The van der Waals surface area contributed by atoms with E-state index in [4.69, 9.17) is 4.52 Å². The molecule has 1 aliphatic heterocycles. The molecule has 132 valence electrons. The SMILES string of the molecule is Cc1cc(C(=O)N2CC(C(=O)N(Cc3ccccc3)C(C)C)C2)no1. The monoisotopic (exact) mass is 341 g/mol. The molecule has 3 rings (SSSR count). The fourth-order valence-corrected chi connectivity index (χ4v) is 2.96. The van der Waals surface area contributed by atoms with E-state index >= 15 is 0 Å². The Labute approximate surface area is 147 Å². The van der Waals surface area contributed by atoms with Crippen LogP contribution in [-0.2, 0) is 11.3 Å². The molecule has 1 aromatic heterocycles. The molecular formula is C19H23N3O3. The summed E-state index contributed by atoms with van der Waals surface area (Å²) in [7, 11) is 0. The Morgan fingerprint density at radius 1 is 1.28 bits per heavy atom. The minimum atomic E-state index is -0.181. The predicted molar refractivity (Wildman–Crippen MR) is 92.8 cm³/mol. The number of carbonyl (C=O) groups is 2. The zero-order valence-corrected chi connectivity index (χ0v) is 14.8. The topological polar surface area (TPSA) is 66.7 Å². The molecule has 1 aliphatic rings. The number of rotatable bonds is 5. The fraction of sp³-hybridized carbons (Fsp3) is 0.421. The van der Waals surface area contributed by atoms with Crippen molar-refractivity contribution in [2.75, 3.05) is 13.1 Å². The molecule has 0 bridgehead atoms. The third-order valence-corrected chi connectivity index (χ3v) is 4.47. The molecule has 0 N–H and O–H groups in total. The van der Waals surface area contributed by atoms with Crippen molar-refractivity contribution in [3.05, 3.63) is 53.4 Å². The number of amides is 2. The molecule has 2 heterocycles. The number of benzene rings is 1. The molecular weight excluding hydrogens is 318 g/mol. The van der Waals surface area contributed by atoms with Crippen molar-refractivity contribution in [1.29, 1.82) is 0 Å². The molecule has 1 fully saturated rings. The van der Waals surface area contributed by atoms with Gasteiger partial charge in [0.2, 0.25) is 5.91 Å². The highest BCUT2D eigenvalue weighted by atomic mass is 16.5. The van der Waals surface area contributed by atoms with Crippen molar-refractivity contribution in [3.8, 4) is 0 Å². The lowest BCUT2D eigenvalue weighted by Crippen LogP contribution is -2.57. The first kappa shape index (κ1) is 17.2. The van der Waals surface area contributed by atoms with E-state index in [9.17, 15) is 9.59 Å². The van der Waals surface area contributed by atoms with Gasteiger partial charge in [0.25, 0.3) is 5.91 Å². The highest BCUT2D eigenvalue weighted by Crippen LogP contribution is 2.23. The standard InChI is InChI=1S/C19H23N3O3/c1-13(2)22(10-15-7-5-4-6-8-15)18(23)16-11-21(12-16)19(24)17-9-14(3)25-20-17/h4-9,13,16H,10-12H2,1-3H3. The molecule has 0 saturated carbocycles. The Balaban J connectivity index is 1.60. The Bertz CT molecular complexity index is 748. The lowest BCUT2D eigenvalue weighted by molar-refractivity contribution is -0.142. The quantitative estimate of drug-likeness (QED) is 0.838. The van der Waals surface area contributed by atoms with E-state index in [-0.39, 0.29) is 23.8 Å². The second-order valence-electron chi connectivity index (χ2n) is 6.78. The number of carbonyl (C=O) groups excluding carboxylic acids is 2. The fourth-order valence-electron chi connectivity index (χ4n) is 2.96. The van der Waals surface area contributed by atoms with Gasteiger partial charge in [0.1, 0.15) is 5.76 Å². The van der Waals surface area contributed by atoms with Crippen molar-refractivity contribution in [1.82, 2.24) is 15.0 Å². The largest absolute Gasteiger partial charge is 0.361 e. The molecule has 0 spiro atoms. The predicted octanol–water partition coefficient (Wildman–Crippen LogP) is 2.49. The highest BCUT2D eigenvalue weighted by molar-refractivity contribution is 5.94. The van der Waals surface area contributed by atoms with Gasteiger partial charge in [-0.2, -0.15) is 0 Å². The smallest absolute Gasteiger partial charge is 0.276 e. The van der Waals surface area contributed by atoms with Crippen LogP contribution in [-0.4, -0.2) is 45.9 Å². The Morgan fingerprint density at radius 3 is 2.52 bits per heavy atom. The van der Waals surface area contributed by atoms with Gasteiger partial charge in [-0.25, -0.2) is 0 Å². The van der Waals surface area contributed by atoms with E-state index in [0.717, 1.165) is 5.56 Å². The van der Waals surface area contributed by atoms with Crippen LogP contribution in [0.5, 0.6) is 0 Å². The van der Waals surface area contributed by atoms with Crippen LogP contribution >= 0.6 is 0 Å². The third kappa shape index (κ3) is 3.73. The molecule has 25 heavy (non-hydrogen) atoms. The van der Waals surface area contributed by atoms with Gasteiger partial charge in [-0.05, 0) is 26.3 Å². The van der Waals surface area contributed by atoms with E-state index in [1.165, 1.54) is 0 Å². The Morgan fingerprint density at radius 2 is 1.96 bits per heavy atom. The first-order valence-corrected chi connectivity index (χ1v) is 8.52. The number of likely N-dealkylation sites (tertiary alicyclic amines) is 1. The van der Waals surface area contributed by atoms with Gasteiger partial charge in [-0.3, -0.25) is 9.59 Å². The Kier molecular flexibility index (Phi) is 4.88. The number of hydrogen-bond acceptors (Lipinski definition) is 4. The van der Waals surface area contributed by atoms with Crippen LogP contribution < -0.4 is 0 Å². The van der Waals surface area contributed by atoms with Crippen molar-refractivity contribution in [2.45, 2.75) is 33.4 Å². The van der Waals surface area contributed by atoms with Crippen molar-refractivity contribution >= 4 is 11.8 Å². The van der Waals surface area contributed by atoms with Gasteiger partial charge >= 0.3 is 0 Å². The normalized spacial score (nSPS) is 14.5. The number of nitrogens with zero attached hydrogens (tertiary/aromatic N) is 3. The second-order valence-corrected chi connectivity index (χ2v) is 6.78. The van der Waals surface area contributed by atoms with Crippen LogP contribution in [0.4, 0.5) is 0 Å². The van der Waals surface area contributed by atoms with Gasteiger partial charge in [0.05, 0.1) is 5.92 Å². The van der Waals surface area contributed by atoms with Gasteiger partial charge in [-0.15, -0.1) is 0 Å². The molecule has 2 aromatic rings. The molecule has 1 aromatic carbocycles. The molecule has 6 nitrogen and oxygen atoms in total. The average molecular weight is 341 g/mol. The van der Waals surface area contributed by atoms with E-state index in [1.807, 2.05) is 49.1 Å². The van der Waals surface area contributed by atoms with Gasteiger partial charge in [-0.1, -0.05) is 35.5 Å². The maximum absolute atomic E-state index is 12.8. The minimum Gasteiger partial charge on any atom is -0.361 e. The molecule has 6 heteroatoms. The minimum absolute atomic E-state index is 0.0965. The van der Waals surface area contributed by atoms with E-state index in [2.05, 4.69) is 5.16 Å². The lowest BCUT2D eigenvalue weighted by Gasteiger charge is -2.41. The van der Waals surface area contributed by atoms with E-state index < -0.39 is 0 Å². The summed E-state index contributed by atoms with van der Waals surface area (Å²) in [6.07, 6.45) is 0. The van der Waals surface area contributed by atoms with Crippen LogP contribution in [0.15, 0.2) is 40.9 Å². The first-order valence-electron chi connectivity index (χ1n) is 8.52. The van der Waals surface area contributed by atoms with Crippen LogP contribution in [0, 0.1) is 12.8 Å². The summed E-state index contributed by atoms with van der Waals surface area (Å²) in [6, 6.07) is 11.7. The summed E-state index contributed by atoms with van der Waals surface area (Å²) in [5.74, 6) is 0.368. The maximum Gasteiger partial charge on any atom is 0.276 e. The molecule has 0 unspecified atom stereocenters. The van der Waals surface area contributed by atoms with Crippen molar-refractivity contribution in [2.24, 2.45) is 5.92 Å². The summed E-state index contributed by atoms with van der Waals surface area (Å²) >= 11 is 0.